The summed E-state index contributed by atoms with van der Waals surface area (Å²) in [6, 6.07) is 9.09. The van der Waals surface area contributed by atoms with E-state index in [0.717, 1.165) is 5.56 Å². The van der Waals surface area contributed by atoms with Crippen LogP contribution in [0.1, 0.15) is 17.2 Å². The largest absolute Gasteiger partial charge is 0.448 e. The Kier molecular flexibility index (Phi) is 4.75. The van der Waals surface area contributed by atoms with Crippen LogP contribution in [-0.4, -0.2) is 68.8 Å². The standard InChI is InChI=1S/C16H20N2O5S/c19-15(12-18-8-10-23-16(18)20)17-7-6-14(24(21,22)11-9-17)13-4-2-1-3-5-13/h1-5,14H,6-12H2. The molecule has 24 heavy (non-hydrogen) atoms. The third kappa shape index (κ3) is 3.53. The van der Waals surface area contributed by atoms with Crippen LogP contribution in [0.3, 0.4) is 0 Å². The number of ether oxygens (including phenoxy) is 1. The first-order valence-electron chi connectivity index (χ1n) is 7.93. The number of hydrogen-bond donors (Lipinski definition) is 0. The number of nitrogens with zero attached hydrogens (tertiary/aromatic N) is 2. The molecule has 1 atom stereocenters. The first-order chi connectivity index (χ1) is 11.5. The summed E-state index contributed by atoms with van der Waals surface area (Å²) in [5.74, 6) is -0.305. The van der Waals surface area contributed by atoms with E-state index in [1.807, 2.05) is 18.2 Å². The zero-order chi connectivity index (χ0) is 17.2. The van der Waals surface area contributed by atoms with Crippen LogP contribution in [0.25, 0.3) is 0 Å². The number of cyclic esters (lactones) is 1. The van der Waals surface area contributed by atoms with Crippen LogP contribution in [0.2, 0.25) is 0 Å². The van der Waals surface area contributed by atoms with E-state index < -0.39 is 21.2 Å². The lowest BCUT2D eigenvalue weighted by Crippen LogP contribution is -2.42. The minimum Gasteiger partial charge on any atom is -0.448 e. The highest BCUT2D eigenvalue weighted by atomic mass is 32.2. The lowest BCUT2D eigenvalue weighted by molar-refractivity contribution is -0.131. The zero-order valence-electron chi connectivity index (χ0n) is 13.3. The number of rotatable bonds is 3. The smallest absolute Gasteiger partial charge is 0.410 e. The summed E-state index contributed by atoms with van der Waals surface area (Å²) >= 11 is 0. The van der Waals surface area contributed by atoms with Crippen molar-refractivity contribution in [3.8, 4) is 0 Å². The molecular weight excluding hydrogens is 332 g/mol. The number of benzene rings is 1. The molecule has 2 aliphatic rings. The molecule has 2 aliphatic heterocycles. The van der Waals surface area contributed by atoms with Crippen LogP contribution >= 0.6 is 0 Å². The van der Waals surface area contributed by atoms with E-state index in [9.17, 15) is 18.0 Å². The summed E-state index contributed by atoms with van der Waals surface area (Å²) in [5.41, 5.74) is 0.759. The average molecular weight is 352 g/mol. The molecule has 0 radical (unpaired) electrons. The van der Waals surface area contributed by atoms with Crippen molar-refractivity contribution in [3.05, 3.63) is 35.9 Å². The lowest BCUT2D eigenvalue weighted by atomic mass is 10.1. The molecule has 8 heteroatoms. The monoisotopic (exact) mass is 352 g/mol. The zero-order valence-corrected chi connectivity index (χ0v) is 14.1. The molecule has 0 saturated carbocycles. The Bertz CT molecular complexity index is 719. The van der Waals surface area contributed by atoms with Gasteiger partial charge in [0, 0.05) is 13.1 Å². The Morgan fingerprint density at radius 1 is 1.17 bits per heavy atom. The van der Waals surface area contributed by atoms with E-state index in [-0.39, 0.29) is 31.4 Å². The van der Waals surface area contributed by atoms with Crippen LogP contribution in [-0.2, 0) is 19.4 Å². The number of hydrogen-bond acceptors (Lipinski definition) is 5. The maximum Gasteiger partial charge on any atom is 0.410 e. The average Bonchev–Trinajstić information content (AvgIpc) is 2.88. The Balaban J connectivity index is 1.69. The maximum atomic E-state index is 12.5. The summed E-state index contributed by atoms with van der Waals surface area (Å²) in [5, 5.41) is -0.590. The first kappa shape index (κ1) is 16.8. The highest BCUT2D eigenvalue weighted by Gasteiger charge is 2.33. The molecule has 3 rings (SSSR count). The van der Waals surface area contributed by atoms with Gasteiger partial charge in [-0.15, -0.1) is 0 Å². The van der Waals surface area contributed by atoms with Crippen molar-refractivity contribution in [2.24, 2.45) is 0 Å². The fraction of sp³-hybridized carbons (Fsp3) is 0.500. The van der Waals surface area contributed by atoms with Gasteiger partial charge in [0.05, 0.1) is 17.5 Å². The van der Waals surface area contributed by atoms with Gasteiger partial charge in [0.1, 0.15) is 13.2 Å². The van der Waals surface area contributed by atoms with Crippen molar-refractivity contribution in [2.45, 2.75) is 11.7 Å². The summed E-state index contributed by atoms with van der Waals surface area (Å²) in [6.07, 6.45) is -0.129. The molecule has 2 amide bonds. The first-order valence-corrected chi connectivity index (χ1v) is 9.65. The van der Waals surface area contributed by atoms with E-state index in [2.05, 4.69) is 0 Å². The second-order valence-electron chi connectivity index (χ2n) is 5.97. The second kappa shape index (κ2) is 6.80. The Labute approximate surface area is 141 Å². The van der Waals surface area contributed by atoms with Crippen molar-refractivity contribution >= 4 is 21.8 Å². The van der Waals surface area contributed by atoms with Gasteiger partial charge in [-0.2, -0.15) is 0 Å². The third-order valence-corrected chi connectivity index (χ3v) is 6.56. The molecule has 2 heterocycles. The highest BCUT2D eigenvalue weighted by Crippen LogP contribution is 2.29. The van der Waals surface area contributed by atoms with Gasteiger partial charge in [0.15, 0.2) is 9.84 Å². The number of sulfone groups is 1. The molecule has 1 aromatic carbocycles. The van der Waals surface area contributed by atoms with Crippen molar-refractivity contribution in [3.63, 3.8) is 0 Å². The molecular formula is C16H20N2O5S. The van der Waals surface area contributed by atoms with Crippen LogP contribution in [0.4, 0.5) is 4.79 Å². The highest BCUT2D eigenvalue weighted by molar-refractivity contribution is 7.91. The molecule has 1 unspecified atom stereocenters. The van der Waals surface area contributed by atoms with Crippen LogP contribution in [0.5, 0.6) is 0 Å². The van der Waals surface area contributed by atoms with Crippen LogP contribution < -0.4 is 0 Å². The van der Waals surface area contributed by atoms with E-state index in [1.54, 1.807) is 12.1 Å². The Morgan fingerprint density at radius 3 is 2.58 bits per heavy atom. The molecule has 7 nitrogen and oxygen atoms in total. The predicted octanol–water partition coefficient (Wildman–Crippen LogP) is 0.827. The Morgan fingerprint density at radius 2 is 1.92 bits per heavy atom. The Hall–Kier alpha value is -2.09. The minimum atomic E-state index is -3.32. The fourth-order valence-electron chi connectivity index (χ4n) is 3.07. The summed E-state index contributed by atoms with van der Waals surface area (Å²) in [4.78, 5) is 26.7. The lowest BCUT2D eigenvalue weighted by Gasteiger charge is -2.22. The maximum absolute atomic E-state index is 12.5. The molecule has 0 N–H and O–H groups in total. The SMILES string of the molecule is O=C(CN1CCOC1=O)N1CCC(c2ccccc2)S(=O)(=O)CC1. The normalized spacial score (nSPS) is 23.7. The molecule has 2 fully saturated rings. The van der Waals surface area contributed by atoms with Crippen molar-refractivity contribution in [2.75, 3.05) is 38.5 Å². The van der Waals surface area contributed by atoms with Crippen LogP contribution in [0.15, 0.2) is 30.3 Å². The quantitative estimate of drug-likeness (QED) is 0.804. The molecule has 130 valence electrons. The predicted molar refractivity (Wildman–Crippen MR) is 87.1 cm³/mol. The van der Waals surface area contributed by atoms with Gasteiger partial charge in [0.25, 0.3) is 0 Å². The third-order valence-electron chi connectivity index (χ3n) is 4.44. The van der Waals surface area contributed by atoms with Crippen molar-refractivity contribution in [1.29, 1.82) is 0 Å². The van der Waals surface area contributed by atoms with Gasteiger partial charge in [-0.3, -0.25) is 9.69 Å². The van der Waals surface area contributed by atoms with Gasteiger partial charge < -0.3 is 9.64 Å². The molecule has 0 bridgehead atoms. The second-order valence-corrected chi connectivity index (χ2v) is 8.27. The topological polar surface area (TPSA) is 84.0 Å². The number of carbonyl (C=O) groups excluding carboxylic acids is 2. The van der Waals surface area contributed by atoms with E-state index in [1.165, 1.54) is 9.80 Å². The molecule has 0 aromatic heterocycles. The molecule has 0 aliphatic carbocycles. The number of amides is 2. The van der Waals surface area contributed by atoms with E-state index in [0.29, 0.717) is 19.5 Å². The number of carbonyl (C=O) groups is 2. The van der Waals surface area contributed by atoms with Gasteiger partial charge in [-0.1, -0.05) is 30.3 Å². The summed E-state index contributed by atoms with van der Waals surface area (Å²) < 4.78 is 29.9. The summed E-state index contributed by atoms with van der Waals surface area (Å²) in [7, 11) is -3.32. The summed E-state index contributed by atoms with van der Waals surface area (Å²) in [6.45, 7) is 1.14. The van der Waals surface area contributed by atoms with Gasteiger partial charge in [-0.05, 0) is 12.0 Å². The van der Waals surface area contributed by atoms with Gasteiger partial charge in [0.2, 0.25) is 5.91 Å². The van der Waals surface area contributed by atoms with Crippen molar-refractivity contribution < 1.29 is 22.7 Å². The van der Waals surface area contributed by atoms with E-state index >= 15 is 0 Å². The van der Waals surface area contributed by atoms with Crippen molar-refractivity contribution in [1.82, 2.24) is 9.80 Å². The fourth-order valence-corrected chi connectivity index (χ4v) is 4.86. The van der Waals surface area contributed by atoms with Gasteiger partial charge >= 0.3 is 6.09 Å². The van der Waals surface area contributed by atoms with Crippen LogP contribution in [0, 0.1) is 0 Å². The minimum absolute atomic E-state index is 0.0606. The van der Waals surface area contributed by atoms with Gasteiger partial charge in [-0.25, -0.2) is 13.2 Å². The molecule has 1 aromatic rings. The molecule has 2 saturated heterocycles. The van der Waals surface area contributed by atoms with E-state index in [4.69, 9.17) is 4.74 Å². The molecule has 0 spiro atoms.